The summed E-state index contributed by atoms with van der Waals surface area (Å²) in [6, 6.07) is 4.75. The number of benzene rings is 1. The number of piperazine rings is 1. The first kappa shape index (κ1) is 21.8. The molecule has 3 rings (SSSR count). The summed E-state index contributed by atoms with van der Waals surface area (Å²) in [5.41, 5.74) is 6.79. The molecule has 2 aliphatic rings. The van der Waals surface area contributed by atoms with E-state index in [2.05, 4.69) is 4.90 Å². The third kappa shape index (κ3) is 4.90. The van der Waals surface area contributed by atoms with Crippen molar-refractivity contribution >= 4 is 36.4 Å². The molecule has 2 unspecified atom stereocenters. The van der Waals surface area contributed by atoms with Crippen LogP contribution in [0.1, 0.15) is 19.3 Å². The molecule has 5 nitrogen and oxygen atoms in total. The predicted molar refractivity (Wildman–Crippen MR) is 102 cm³/mol. The molecule has 1 heterocycles. The van der Waals surface area contributed by atoms with Crippen molar-refractivity contribution in [3.8, 4) is 5.75 Å². The van der Waals surface area contributed by atoms with Crippen LogP contribution in [0, 0.1) is 11.7 Å². The number of nitrogens with zero attached hydrogens (tertiary/aromatic N) is 2. The molecule has 2 N–H and O–H groups in total. The van der Waals surface area contributed by atoms with Gasteiger partial charge in [0.1, 0.15) is 11.6 Å². The van der Waals surface area contributed by atoms with E-state index in [-0.39, 0.29) is 48.5 Å². The van der Waals surface area contributed by atoms with Crippen molar-refractivity contribution in [1.29, 1.82) is 0 Å². The summed E-state index contributed by atoms with van der Waals surface area (Å²) < 4.78 is 18.6. The highest BCUT2D eigenvalue weighted by Gasteiger charge is 2.32. The molecule has 25 heavy (non-hydrogen) atoms. The van der Waals surface area contributed by atoms with Gasteiger partial charge in [-0.2, -0.15) is 0 Å². The lowest BCUT2D eigenvalue weighted by Crippen LogP contribution is -2.50. The number of nitrogens with two attached hydrogens (primary N) is 1. The van der Waals surface area contributed by atoms with E-state index in [1.165, 1.54) is 12.1 Å². The van der Waals surface area contributed by atoms with E-state index in [0.717, 1.165) is 38.0 Å². The Labute approximate surface area is 160 Å². The fraction of sp³-hybridized carbons (Fsp3) is 0.588. The number of methoxy groups -OCH3 is 1. The van der Waals surface area contributed by atoms with Crippen molar-refractivity contribution in [3.63, 3.8) is 0 Å². The first-order chi connectivity index (χ1) is 11.1. The number of hydrogen-bond acceptors (Lipinski definition) is 4. The van der Waals surface area contributed by atoms with Crippen molar-refractivity contribution in [1.82, 2.24) is 4.90 Å². The Morgan fingerprint density at radius 2 is 1.88 bits per heavy atom. The zero-order chi connectivity index (χ0) is 16.4. The maximum absolute atomic E-state index is 13.3. The Morgan fingerprint density at radius 1 is 1.20 bits per heavy atom. The molecule has 1 aliphatic heterocycles. The molecule has 2 atom stereocenters. The lowest BCUT2D eigenvalue weighted by Gasteiger charge is -2.37. The predicted octanol–water partition coefficient (Wildman–Crippen LogP) is 2.45. The number of halogens is 3. The Morgan fingerprint density at radius 3 is 2.44 bits per heavy atom. The largest absolute Gasteiger partial charge is 0.494 e. The monoisotopic (exact) mass is 393 g/mol. The van der Waals surface area contributed by atoms with Crippen LogP contribution in [0.3, 0.4) is 0 Å². The average molecular weight is 394 g/mol. The molecule has 2 fully saturated rings. The molecule has 0 bridgehead atoms. The Bertz CT molecular complexity index is 583. The van der Waals surface area contributed by atoms with Gasteiger partial charge >= 0.3 is 0 Å². The average Bonchev–Trinajstić information content (AvgIpc) is 3.00. The second-order valence-corrected chi connectivity index (χ2v) is 6.40. The maximum Gasteiger partial charge on any atom is 0.225 e. The van der Waals surface area contributed by atoms with Gasteiger partial charge in [0.25, 0.3) is 0 Å². The van der Waals surface area contributed by atoms with Crippen molar-refractivity contribution < 1.29 is 13.9 Å². The third-order valence-electron chi connectivity index (χ3n) is 4.90. The van der Waals surface area contributed by atoms with E-state index < -0.39 is 0 Å². The van der Waals surface area contributed by atoms with Gasteiger partial charge in [-0.1, -0.05) is 0 Å². The molecular weight excluding hydrogens is 368 g/mol. The zero-order valence-electron chi connectivity index (χ0n) is 14.3. The zero-order valence-corrected chi connectivity index (χ0v) is 16.0. The van der Waals surface area contributed by atoms with Gasteiger partial charge in [-0.3, -0.25) is 4.79 Å². The Hall–Kier alpha value is -1.24. The number of anilines is 1. The van der Waals surface area contributed by atoms with Gasteiger partial charge < -0.3 is 20.3 Å². The van der Waals surface area contributed by atoms with Crippen molar-refractivity contribution in [3.05, 3.63) is 24.0 Å². The van der Waals surface area contributed by atoms with Crippen molar-refractivity contribution in [2.75, 3.05) is 38.2 Å². The summed E-state index contributed by atoms with van der Waals surface area (Å²) in [5.74, 6) is 0.559. The van der Waals surface area contributed by atoms with Crippen LogP contribution in [-0.2, 0) is 4.79 Å². The molecule has 0 radical (unpaired) electrons. The number of rotatable bonds is 3. The van der Waals surface area contributed by atoms with E-state index in [4.69, 9.17) is 10.5 Å². The summed E-state index contributed by atoms with van der Waals surface area (Å²) in [4.78, 5) is 16.6. The molecular formula is C17H26Cl2FN3O2. The van der Waals surface area contributed by atoms with Gasteiger partial charge in [-0.25, -0.2) is 4.39 Å². The van der Waals surface area contributed by atoms with Crippen molar-refractivity contribution in [2.24, 2.45) is 11.7 Å². The molecule has 1 aromatic rings. The normalized spacial score (nSPS) is 22.8. The SMILES string of the molecule is COc1cc(F)ccc1N1CCN(C(=O)C2CCC(N)C2)CC1.Cl.Cl. The highest BCUT2D eigenvalue weighted by atomic mass is 35.5. The summed E-state index contributed by atoms with van der Waals surface area (Å²) in [5, 5.41) is 0. The third-order valence-corrected chi connectivity index (χ3v) is 4.90. The van der Waals surface area contributed by atoms with Gasteiger partial charge in [-0.15, -0.1) is 24.8 Å². The number of hydrogen-bond donors (Lipinski definition) is 1. The van der Waals surface area contributed by atoms with Crippen LogP contribution in [0.5, 0.6) is 5.75 Å². The summed E-state index contributed by atoms with van der Waals surface area (Å²) >= 11 is 0. The topological polar surface area (TPSA) is 58.8 Å². The second-order valence-electron chi connectivity index (χ2n) is 6.40. The molecule has 1 saturated heterocycles. The standard InChI is InChI=1S/C17H24FN3O2.2ClH/c1-23-16-11-13(18)3-5-15(16)20-6-8-21(9-7-20)17(22)12-2-4-14(19)10-12;;/h3,5,11-12,14H,2,4,6-10,19H2,1H3;2*1H. The lowest BCUT2D eigenvalue weighted by molar-refractivity contribution is -0.135. The van der Waals surface area contributed by atoms with Crippen LogP contribution in [0.4, 0.5) is 10.1 Å². The molecule has 8 heteroatoms. The smallest absolute Gasteiger partial charge is 0.225 e. The minimum atomic E-state index is -0.308. The quantitative estimate of drug-likeness (QED) is 0.856. The minimum absolute atomic E-state index is 0. The van der Waals surface area contributed by atoms with E-state index >= 15 is 0 Å². The van der Waals surface area contributed by atoms with E-state index in [1.807, 2.05) is 4.90 Å². The molecule has 0 aromatic heterocycles. The fourth-order valence-corrected chi connectivity index (χ4v) is 3.58. The second kappa shape index (κ2) is 9.46. The molecule has 1 aliphatic carbocycles. The van der Waals surface area contributed by atoms with Crippen LogP contribution in [0.15, 0.2) is 18.2 Å². The van der Waals surface area contributed by atoms with Gasteiger partial charge in [-0.05, 0) is 31.4 Å². The van der Waals surface area contributed by atoms with Gasteiger partial charge in [0.15, 0.2) is 0 Å². The summed E-state index contributed by atoms with van der Waals surface area (Å²) in [7, 11) is 1.54. The molecule has 0 spiro atoms. The summed E-state index contributed by atoms with van der Waals surface area (Å²) in [6.07, 6.45) is 2.67. The fourth-order valence-electron chi connectivity index (χ4n) is 3.58. The van der Waals surface area contributed by atoms with Crippen LogP contribution < -0.4 is 15.4 Å². The van der Waals surface area contributed by atoms with E-state index in [1.54, 1.807) is 13.2 Å². The number of amides is 1. The number of carbonyl (C=O) groups is 1. The Balaban J connectivity index is 0.00000156. The van der Waals surface area contributed by atoms with Crippen molar-refractivity contribution in [2.45, 2.75) is 25.3 Å². The van der Waals surface area contributed by atoms with E-state index in [0.29, 0.717) is 18.8 Å². The molecule has 1 amide bonds. The number of carbonyl (C=O) groups excluding carboxylic acids is 1. The molecule has 1 saturated carbocycles. The highest BCUT2D eigenvalue weighted by Crippen LogP contribution is 2.31. The van der Waals surface area contributed by atoms with Crippen LogP contribution in [-0.4, -0.2) is 50.1 Å². The minimum Gasteiger partial charge on any atom is -0.494 e. The van der Waals surface area contributed by atoms with Gasteiger partial charge in [0, 0.05) is 44.2 Å². The number of ether oxygens (including phenoxy) is 1. The Kier molecular flexibility index (Phi) is 8.25. The first-order valence-corrected chi connectivity index (χ1v) is 8.21. The highest BCUT2D eigenvalue weighted by molar-refractivity contribution is 5.85. The van der Waals surface area contributed by atoms with Crippen LogP contribution in [0.2, 0.25) is 0 Å². The van der Waals surface area contributed by atoms with Gasteiger partial charge in [0.2, 0.25) is 5.91 Å². The summed E-state index contributed by atoms with van der Waals surface area (Å²) in [6.45, 7) is 2.83. The van der Waals surface area contributed by atoms with E-state index in [9.17, 15) is 9.18 Å². The maximum atomic E-state index is 13.3. The molecule has 142 valence electrons. The van der Waals surface area contributed by atoms with Crippen LogP contribution >= 0.6 is 24.8 Å². The van der Waals surface area contributed by atoms with Crippen LogP contribution in [0.25, 0.3) is 0 Å². The molecule has 1 aromatic carbocycles. The van der Waals surface area contributed by atoms with Gasteiger partial charge in [0.05, 0.1) is 12.8 Å². The lowest BCUT2D eigenvalue weighted by atomic mass is 10.1. The first-order valence-electron chi connectivity index (χ1n) is 8.21.